The molecule has 3 rings (SSSR count). The number of rotatable bonds is 8. The number of anilines is 1. The van der Waals surface area contributed by atoms with Gasteiger partial charge in [-0.1, -0.05) is 30.6 Å². The average molecular weight is 369 g/mol. The highest BCUT2D eigenvalue weighted by Gasteiger charge is 2.12. The van der Waals surface area contributed by atoms with E-state index in [0.29, 0.717) is 24.5 Å². The number of nitrogens with zero attached hydrogens (tertiary/aromatic N) is 2. The van der Waals surface area contributed by atoms with Crippen LogP contribution in [0.2, 0.25) is 0 Å². The minimum absolute atomic E-state index is 0.0142. The van der Waals surface area contributed by atoms with Crippen molar-refractivity contribution in [2.75, 3.05) is 11.9 Å². The Bertz CT molecular complexity index is 876. The minimum Gasteiger partial charge on any atom is -0.494 e. The van der Waals surface area contributed by atoms with Crippen molar-refractivity contribution in [3.8, 4) is 5.75 Å². The smallest absolute Gasteiger partial charge is 0.322 e. The summed E-state index contributed by atoms with van der Waals surface area (Å²) in [5.74, 6) is 0.391. The van der Waals surface area contributed by atoms with Crippen molar-refractivity contribution in [2.45, 2.75) is 26.2 Å². The van der Waals surface area contributed by atoms with Crippen LogP contribution in [0, 0.1) is 5.82 Å². The molecule has 0 unspecified atom stereocenters. The Labute approximate surface area is 156 Å². The fraction of sp³-hybridized carbons (Fsp3) is 0.250. The number of carbonyl (C=O) groups is 1. The molecular formula is C20H20FN3O3. The molecule has 0 spiro atoms. The van der Waals surface area contributed by atoms with E-state index in [1.54, 1.807) is 36.4 Å². The van der Waals surface area contributed by atoms with Crippen LogP contribution in [0.5, 0.6) is 5.75 Å². The zero-order chi connectivity index (χ0) is 19.1. The Hall–Kier alpha value is -3.22. The summed E-state index contributed by atoms with van der Waals surface area (Å²) in [6, 6.07) is 12.9. The molecule has 0 aliphatic carbocycles. The van der Waals surface area contributed by atoms with E-state index >= 15 is 0 Å². The monoisotopic (exact) mass is 369 g/mol. The van der Waals surface area contributed by atoms with Crippen molar-refractivity contribution in [1.82, 2.24) is 10.2 Å². The minimum atomic E-state index is -0.355. The normalized spacial score (nSPS) is 10.6. The van der Waals surface area contributed by atoms with E-state index in [1.165, 1.54) is 12.1 Å². The van der Waals surface area contributed by atoms with E-state index in [0.717, 1.165) is 24.2 Å². The van der Waals surface area contributed by atoms with Crippen LogP contribution >= 0.6 is 0 Å². The van der Waals surface area contributed by atoms with E-state index in [2.05, 4.69) is 22.4 Å². The lowest BCUT2D eigenvalue weighted by Gasteiger charge is -2.06. The zero-order valence-electron chi connectivity index (χ0n) is 14.9. The molecule has 2 aromatic carbocycles. The molecule has 0 saturated heterocycles. The van der Waals surface area contributed by atoms with Crippen LogP contribution in [-0.4, -0.2) is 22.7 Å². The summed E-state index contributed by atoms with van der Waals surface area (Å²) in [5.41, 5.74) is 1.28. The van der Waals surface area contributed by atoms with E-state index < -0.39 is 0 Å². The third-order valence-corrected chi connectivity index (χ3v) is 3.84. The number of unbranched alkanes of at least 4 members (excludes halogenated alkanes) is 1. The van der Waals surface area contributed by atoms with Gasteiger partial charge in [0, 0.05) is 5.56 Å². The topological polar surface area (TPSA) is 77.2 Å². The molecule has 0 radical (unpaired) electrons. The summed E-state index contributed by atoms with van der Waals surface area (Å²) in [6.07, 6.45) is 2.40. The molecule has 7 heteroatoms. The van der Waals surface area contributed by atoms with Gasteiger partial charge in [0.25, 0.3) is 5.91 Å². The van der Waals surface area contributed by atoms with Crippen molar-refractivity contribution < 1.29 is 18.3 Å². The van der Waals surface area contributed by atoms with E-state index in [9.17, 15) is 9.18 Å². The maximum Gasteiger partial charge on any atom is 0.322 e. The number of benzene rings is 2. The van der Waals surface area contributed by atoms with Gasteiger partial charge in [-0.3, -0.25) is 10.1 Å². The van der Waals surface area contributed by atoms with Crippen LogP contribution in [0.1, 0.15) is 41.6 Å². The second kappa shape index (κ2) is 8.93. The highest BCUT2D eigenvalue weighted by atomic mass is 19.1. The SMILES string of the molecule is CCCCOc1ccc(C(=O)Nc2nnc(Cc3ccc(F)cc3)o2)cc1. The lowest BCUT2D eigenvalue weighted by Crippen LogP contribution is -2.12. The third kappa shape index (κ3) is 5.37. The highest BCUT2D eigenvalue weighted by Crippen LogP contribution is 2.15. The molecule has 1 aromatic heterocycles. The van der Waals surface area contributed by atoms with Gasteiger partial charge in [-0.15, -0.1) is 5.10 Å². The zero-order valence-corrected chi connectivity index (χ0v) is 14.9. The number of hydrogen-bond donors (Lipinski definition) is 1. The fourth-order valence-corrected chi connectivity index (χ4v) is 2.36. The maximum atomic E-state index is 12.9. The lowest BCUT2D eigenvalue weighted by atomic mass is 10.1. The Balaban J connectivity index is 1.56. The van der Waals surface area contributed by atoms with Crippen LogP contribution < -0.4 is 10.1 Å². The first-order chi connectivity index (χ1) is 13.1. The summed E-state index contributed by atoms with van der Waals surface area (Å²) < 4.78 is 23.9. The predicted octanol–water partition coefficient (Wildman–Crippen LogP) is 4.23. The molecule has 0 bridgehead atoms. The van der Waals surface area contributed by atoms with Crippen molar-refractivity contribution >= 4 is 11.9 Å². The Morgan fingerprint density at radius 2 is 1.85 bits per heavy atom. The van der Waals surface area contributed by atoms with Crippen molar-refractivity contribution in [3.63, 3.8) is 0 Å². The lowest BCUT2D eigenvalue weighted by molar-refractivity contribution is 0.102. The molecule has 140 valence electrons. The first-order valence-electron chi connectivity index (χ1n) is 8.75. The molecule has 27 heavy (non-hydrogen) atoms. The molecule has 0 saturated carbocycles. The number of nitrogens with one attached hydrogen (secondary N) is 1. The van der Waals surface area contributed by atoms with Crippen LogP contribution in [0.3, 0.4) is 0 Å². The Morgan fingerprint density at radius 3 is 2.56 bits per heavy atom. The number of hydrogen-bond acceptors (Lipinski definition) is 5. The number of halogens is 1. The van der Waals surface area contributed by atoms with Gasteiger partial charge in [0.2, 0.25) is 5.89 Å². The first-order valence-corrected chi connectivity index (χ1v) is 8.75. The molecule has 0 atom stereocenters. The summed E-state index contributed by atoms with van der Waals surface area (Å²) in [5, 5.41) is 10.3. The van der Waals surface area contributed by atoms with Crippen LogP contribution in [0.25, 0.3) is 0 Å². The van der Waals surface area contributed by atoms with E-state index in [4.69, 9.17) is 9.15 Å². The summed E-state index contributed by atoms with van der Waals surface area (Å²) >= 11 is 0. The van der Waals surface area contributed by atoms with Crippen LogP contribution in [0.4, 0.5) is 10.4 Å². The largest absolute Gasteiger partial charge is 0.494 e. The Kier molecular flexibility index (Phi) is 6.14. The van der Waals surface area contributed by atoms with Gasteiger partial charge in [-0.05, 0) is 48.4 Å². The second-order valence-corrected chi connectivity index (χ2v) is 5.98. The quantitative estimate of drug-likeness (QED) is 0.601. The van der Waals surface area contributed by atoms with Gasteiger partial charge in [-0.25, -0.2) is 4.39 Å². The van der Waals surface area contributed by atoms with Gasteiger partial charge in [0.05, 0.1) is 13.0 Å². The van der Waals surface area contributed by atoms with Gasteiger partial charge in [-0.2, -0.15) is 0 Å². The van der Waals surface area contributed by atoms with Gasteiger partial charge >= 0.3 is 6.01 Å². The van der Waals surface area contributed by atoms with Gasteiger partial charge < -0.3 is 9.15 Å². The molecule has 1 amide bonds. The van der Waals surface area contributed by atoms with Crippen molar-refractivity contribution in [1.29, 1.82) is 0 Å². The molecule has 0 aliphatic rings. The number of carbonyl (C=O) groups excluding carboxylic acids is 1. The second-order valence-electron chi connectivity index (χ2n) is 5.98. The van der Waals surface area contributed by atoms with Crippen molar-refractivity contribution in [3.05, 3.63) is 71.4 Å². The fourth-order valence-electron chi connectivity index (χ4n) is 2.36. The predicted molar refractivity (Wildman–Crippen MR) is 98.3 cm³/mol. The summed E-state index contributed by atoms with van der Waals surface area (Å²) in [7, 11) is 0. The molecule has 6 nitrogen and oxygen atoms in total. The van der Waals surface area contributed by atoms with Gasteiger partial charge in [0.15, 0.2) is 0 Å². The Morgan fingerprint density at radius 1 is 1.11 bits per heavy atom. The summed E-state index contributed by atoms with van der Waals surface area (Å²) in [6.45, 7) is 2.75. The molecular weight excluding hydrogens is 349 g/mol. The molecule has 0 aliphatic heterocycles. The van der Waals surface area contributed by atoms with Crippen molar-refractivity contribution in [2.24, 2.45) is 0 Å². The third-order valence-electron chi connectivity index (χ3n) is 3.84. The number of ether oxygens (including phenoxy) is 1. The van der Waals surface area contributed by atoms with E-state index in [-0.39, 0.29) is 17.7 Å². The molecule has 1 heterocycles. The number of aromatic nitrogens is 2. The average Bonchev–Trinajstić information content (AvgIpc) is 3.11. The van der Waals surface area contributed by atoms with E-state index in [1.807, 2.05) is 0 Å². The standard InChI is InChI=1S/C20H20FN3O3/c1-2-3-12-26-17-10-6-15(7-11-17)19(25)22-20-24-23-18(27-20)13-14-4-8-16(21)9-5-14/h4-11H,2-3,12-13H2,1H3,(H,22,24,25). The molecule has 1 N–H and O–H groups in total. The number of amides is 1. The highest BCUT2D eigenvalue weighted by molar-refractivity contribution is 6.03. The van der Waals surface area contributed by atoms with Gasteiger partial charge in [0.1, 0.15) is 11.6 Å². The first kappa shape index (κ1) is 18.6. The van der Waals surface area contributed by atoms with Crippen LogP contribution in [0.15, 0.2) is 52.9 Å². The molecule has 0 fully saturated rings. The maximum absolute atomic E-state index is 12.9. The van der Waals surface area contributed by atoms with Crippen LogP contribution in [-0.2, 0) is 6.42 Å². The molecule has 3 aromatic rings. The summed E-state index contributed by atoms with van der Waals surface area (Å²) in [4.78, 5) is 12.3.